The van der Waals surface area contributed by atoms with Crippen LogP contribution in [0.2, 0.25) is 0 Å². The first-order valence-corrected chi connectivity index (χ1v) is 10.3. The SMILES string of the molecule is O=C(/C=C\Nc1ccc(S(=O)(=O)Nc2nccs2)cc1)c1cccs1. The van der Waals surface area contributed by atoms with Gasteiger partial charge in [-0.3, -0.25) is 9.52 Å². The van der Waals surface area contributed by atoms with Gasteiger partial charge in [0.1, 0.15) is 0 Å². The molecule has 0 saturated carbocycles. The van der Waals surface area contributed by atoms with Crippen molar-refractivity contribution in [2.45, 2.75) is 4.90 Å². The number of carbonyl (C=O) groups excluding carboxylic acids is 1. The number of benzene rings is 1. The van der Waals surface area contributed by atoms with E-state index in [-0.39, 0.29) is 10.7 Å². The summed E-state index contributed by atoms with van der Waals surface area (Å²) in [6.07, 6.45) is 4.49. The molecule has 6 nitrogen and oxygen atoms in total. The summed E-state index contributed by atoms with van der Waals surface area (Å²) in [6.45, 7) is 0. The second-order valence-corrected chi connectivity index (χ2v) is 8.31. The lowest BCUT2D eigenvalue weighted by Gasteiger charge is -2.06. The van der Waals surface area contributed by atoms with Gasteiger partial charge in [-0.05, 0) is 35.7 Å². The summed E-state index contributed by atoms with van der Waals surface area (Å²) in [5.41, 5.74) is 0.670. The molecule has 9 heteroatoms. The van der Waals surface area contributed by atoms with Gasteiger partial charge in [0.15, 0.2) is 10.9 Å². The Labute approximate surface area is 152 Å². The predicted octanol–water partition coefficient (Wildman–Crippen LogP) is 3.81. The van der Waals surface area contributed by atoms with E-state index in [9.17, 15) is 13.2 Å². The van der Waals surface area contributed by atoms with Crippen LogP contribution in [0.1, 0.15) is 9.67 Å². The van der Waals surface area contributed by atoms with Gasteiger partial charge in [0, 0.05) is 29.5 Å². The van der Waals surface area contributed by atoms with Crippen LogP contribution in [0.25, 0.3) is 0 Å². The first kappa shape index (κ1) is 17.3. The first-order valence-electron chi connectivity index (χ1n) is 7.08. The molecule has 0 atom stereocenters. The Kier molecular flexibility index (Phi) is 5.27. The van der Waals surface area contributed by atoms with E-state index in [1.54, 1.807) is 23.6 Å². The molecule has 0 amide bonds. The molecule has 0 bridgehead atoms. The molecule has 0 aliphatic rings. The normalized spacial score (nSPS) is 11.5. The molecule has 0 saturated heterocycles. The third-order valence-corrected chi connectivity index (χ3v) is 6.12. The molecule has 0 unspecified atom stereocenters. The zero-order valence-corrected chi connectivity index (χ0v) is 15.2. The topological polar surface area (TPSA) is 88.2 Å². The predicted molar refractivity (Wildman–Crippen MR) is 101 cm³/mol. The molecule has 1 aromatic carbocycles. The monoisotopic (exact) mass is 391 g/mol. The van der Waals surface area contributed by atoms with Gasteiger partial charge >= 0.3 is 0 Å². The number of nitrogens with zero attached hydrogens (tertiary/aromatic N) is 1. The number of ketones is 1. The highest BCUT2D eigenvalue weighted by molar-refractivity contribution is 7.93. The van der Waals surface area contributed by atoms with Gasteiger partial charge in [-0.2, -0.15) is 0 Å². The summed E-state index contributed by atoms with van der Waals surface area (Å²) in [4.78, 5) is 16.5. The highest BCUT2D eigenvalue weighted by Gasteiger charge is 2.15. The lowest BCUT2D eigenvalue weighted by molar-refractivity contribution is 0.105. The van der Waals surface area contributed by atoms with Crippen molar-refractivity contribution < 1.29 is 13.2 Å². The Balaban J connectivity index is 1.63. The molecule has 2 aromatic heterocycles. The van der Waals surface area contributed by atoms with Crippen LogP contribution in [0.15, 0.2) is 70.5 Å². The van der Waals surface area contributed by atoms with E-state index < -0.39 is 10.0 Å². The van der Waals surface area contributed by atoms with Crippen molar-refractivity contribution in [1.82, 2.24) is 4.98 Å². The number of allylic oxidation sites excluding steroid dienone is 1. The molecule has 0 spiro atoms. The molecule has 3 aromatic rings. The van der Waals surface area contributed by atoms with E-state index in [1.165, 1.54) is 53.3 Å². The van der Waals surface area contributed by atoms with Gasteiger partial charge in [-0.15, -0.1) is 22.7 Å². The number of sulfonamides is 1. The number of thiazole rings is 1. The average molecular weight is 391 g/mol. The second-order valence-electron chi connectivity index (χ2n) is 4.79. The molecule has 128 valence electrons. The van der Waals surface area contributed by atoms with Gasteiger partial charge in [0.2, 0.25) is 0 Å². The second kappa shape index (κ2) is 7.60. The third-order valence-electron chi connectivity index (χ3n) is 3.07. The number of anilines is 2. The smallest absolute Gasteiger partial charge is 0.263 e. The van der Waals surface area contributed by atoms with E-state index in [0.717, 1.165) is 0 Å². The maximum Gasteiger partial charge on any atom is 0.263 e. The van der Waals surface area contributed by atoms with Crippen LogP contribution in [-0.4, -0.2) is 19.2 Å². The quantitative estimate of drug-likeness (QED) is 0.472. The average Bonchev–Trinajstić information content (AvgIpc) is 3.28. The number of thiophene rings is 1. The Morgan fingerprint density at radius 1 is 1.08 bits per heavy atom. The molecular weight excluding hydrogens is 378 g/mol. The van der Waals surface area contributed by atoms with E-state index in [0.29, 0.717) is 15.7 Å². The Morgan fingerprint density at radius 3 is 2.52 bits per heavy atom. The van der Waals surface area contributed by atoms with Gasteiger partial charge in [-0.25, -0.2) is 13.4 Å². The van der Waals surface area contributed by atoms with Crippen molar-refractivity contribution >= 4 is 49.3 Å². The van der Waals surface area contributed by atoms with Gasteiger partial charge in [0.05, 0.1) is 9.77 Å². The molecule has 0 aliphatic carbocycles. The minimum absolute atomic E-state index is 0.0886. The summed E-state index contributed by atoms with van der Waals surface area (Å²) < 4.78 is 26.9. The summed E-state index contributed by atoms with van der Waals surface area (Å²) >= 11 is 2.58. The standard InChI is InChI=1S/C16H13N3O3S3/c20-14(15-2-1-10-23-15)7-8-17-12-3-5-13(6-4-12)25(21,22)19-16-18-9-11-24-16/h1-11,17H,(H,18,19)/b8-7-. The van der Waals surface area contributed by atoms with Gasteiger partial charge < -0.3 is 5.32 Å². The Morgan fingerprint density at radius 2 is 1.88 bits per heavy atom. The maximum absolute atomic E-state index is 12.2. The van der Waals surface area contributed by atoms with Crippen LogP contribution in [0.3, 0.4) is 0 Å². The fourth-order valence-corrected chi connectivity index (χ4v) is 4.33. The van der Waals surface area contributed by atoms with Crippen LogP contribution in [0.5, 0.6) is 0 Å². The van der Waals surface area contributed by atoms with Crippen molar-refractivity contribution in [2.24, 2.45) is 0 Å². The van der Waals surface area contributed by atoms with Crippen molar-refractivity contribution in [2.75, 3.05) is 10.0 Å². The molecule has 3 rings (SSSR count). The number of hydrogen-bond donors (Lipinski definition) is 2. The van der Waals surface area contributed by atoms with E-state index in [2.05, 4.69) is 15.0 Å². The first-order chi connectivity index (χ1) is 12.0. The molecule has 0 aliphatic heterocycles. The number of aromatic nitrogens is 1. The molecule has 2 N–H and O–H groups in total. The van der Waals surface area contributed by atoms with Gasteiger partial charge in [-0.1, -0.05) is 6.07 Å². The Hall–Kier alpha value is -2.49. The summed E-state index contributed by atoms with van der Waals surface area (Å²) in [5, 5.41) is 6.79. The van der Waals surface area contributed by atoms with E-state index in [4.69, 9.17) is 0 Å². The molecular formula is C16H13N3O3S3. The highest BCUT2D eigenvalue weighted by Crippen LogP contribution is 2.19. The van der Waals surface area contributed by atoms with E-state index >= 15 is 0 Å². The fourth-order valence-electron chi connectivity index (χ4n) is 1.89. The van der Waals surface area contributed by atoms with Crippen molar-refractivity contribution in [3.8, 4) is 0 Å². The van der Waals surface area contributed by atoms with Crippen molar-refractivity contribution in [1.29, 1.82) is 0 Å². The largest absolute Gasteiger partial charge is 0.362 e. The fraction of sp³-hybridized carbons (Fsp3) is 0. The summed E-state index contributed by atoms with van der Waals surface area (Å²) in [6, 6.07) is 9.78. The van der Waals surface area contributed by atoms with Crippen LogP contribution in [0, 0.1) is 0 Å². The molecule has 25 heavy (non-hydrogen) atoms. The highest BCUT2D eigenvalue weighted by atomic mass is 32.2. The van der Waals surface area contributed by atoms with Crippen LogP contribution < -0.4 is 10.0 Å². The number of carbonyl (C=O) groups is 1. The minimum atomic E-state index is -3.66. The molecule has 0 fully saturated rings. The number of hydrogen-bond acceptors (Lipinski definition) is 7. The maximum atomic E-state index is 12.2. The van der Waals surface area contributed by atoms with Crippen molar-refractivity contribution in [3.05, 3.63) is 70.5 Å². The minimum Gasteiger partial charge on any atom is -0.362 e. The van der Waals surface area contributed by atoms with Gasteiger partial charge in [0.25, 0.3) is 10.0 Å². The lowest BCUT2D eigenvalue weighted by Crippen LogP contribution is -2.12. The van der Waals surface area contributed by atoms with Crippen LogP contribution in [-0.2, 0) is 10.0 Å². The zero-order chi connectivity index (χ0) is 17.7. The van der Waals surface area contributed by atoms with Crippen LogP contribution in [0.4, 0.5) is 10.8 Å². The molecule has 0 radical (unpaired) electrons. The lowest BCUT2D eigenvalue weighted by atomic mass is 10.3. The zero-order valence-electron chi connectivity index (χ0n) is 12.7. The Bertz CT molecular complexity index is 962. The summed E-state index contributed by atoms with van der Waals surface area (Å²) in [5.74, 6) is -0.0886. The summed E-state index contributed by atoms with van der Waals surface area (Å²) in [7, 11) is -3.66. The van der Waals surface area contributed by atoms with Crippen LogP contribution >= 0.6 is 22.7 Å². The number of nitrogens with one attached hydrogen (secondary N) is 2. The molecule has 2 heterocycles. The number of rotatable bonds is 7. The third kappa shape index (κ3) is 4.53. The van der Waals surface area contributed by atoms with Crippen molar-refractivity contribution in [3.63, 3.8) is 0 Å². The van der Waals surface area contributed by atoms with E-state index in [1.807, 2.05) is 11.4 Å².